The highest BCUT2D eigenvalue weighted by Crippen LogP contribution is 2.24. The molecule has 0 bridgehead atoms. The molecular formula is C22H20ClN3O4. The molecule has 4 amide bonds. The summed E-state index contributed by atoms with van der Waals surface area (Å²) in [6.07, 6.45) is 0.755. The number of carbonyl (C=O) groups is 4. The first-order valence-corrected chi connectivity index (χ1v) is 10.1. The zero-order valence-corrected chi connectivity index (χ0v) is 16.9. The monoisotopic (exact) mass is 425 g/mol. The first-order valence-electron chi connectivity index (χ1n) is 9.74. The smallest absolute Gasteiger partial charge is 0.261 e. The average Bonchev–Trinajstić information content (AvgIpc) is 3.21. The first-order chi connectivity index (χ1) is 14.4. The van der Waals surface area contributed by atoms with Gasteiger partial charge in [0.05, 0.1) is 17.2 Å². The van der Waals surface area contributed by atoms with Crippen molar-refractivity contribution < 1.29 is 19.2 Å². The number of anilines is 1. The Kier molecular flexibility index (Phi) is 5.55. The first kappa shape index (κ1) is 20.1. The number of hydrogen-bond acceptors (Lipinski definition) is 4. The minimum absolute atomic E-state index is 0.0614. The molecule has 30 heavy (non-hydrogen) atoms. The Morgan fingerprint density at radius 3 is 2.27 bits per heavy atom. The van der Waals surface area contributed by atoms with Crippen molar-refractivity contribution in [1.29, 1.82) is 0 Å². The highest BCUT2D eigenvalue weighted by molar-refractivity contribution is 6.30. The van der Waals surface area contributed by atoms with Crippen LogP contribution in [0.25, 0.3) is 0 Å². The van der Waals surface area contributed by atoms with E-state index in [1.165, 1.54) is 4.90 Å². The molecule has 0 radical (unpaired) electrons. The number of halogens is 1. The minimum atomic E-state index is -0.323. The number of nitrogens with zero attached hydrogens (tertiary/aromatic N) is 2. The highest BCUT2D eigenvalue weighted by Gasteiger charge is 2.35. The second-order valence-electron chi connectivity index (χ2n) is 7.36. The summed E-state index contributed by atoms with van der Waals surface area (Å²) in [5, 5.41) is 3.46. The Labute approximate surface area is 178 Å². The SMILES string of the molecule is O=C(CCCN1C(=O)c2ccccc2C1=O)NC1CC(=O)N(c2ccc(Cl)cc2)C1. The van der Waals surface area contributed by atoms with E-state index < -0.39 is 0 Å². The van der Waals surface area contributed by atoms with Crippen LogP contribution in [0.5, 0.6) is 0 Å². The van der Waals surface area contributed by atoms with Gasteiger partial charge in [-0.25, -0.2) is 0 Å². The van der Waals surface area contributed by atoms with Crippen LogP contribution in [-0.2, 0) is 9.59 Å². The Morgan fingerprint density at radius 2 is 1.63 bits per heavy atom. The topological polar surface area (TPSA) is 86.8 Å². The van der Waals surface area contributed by atoms with E-state index in [-0.39, 0.29) is 49.1 Å². The Hall–Kier alpha value is -3.19. The van der Waals surface area contributed by atoms with Crippen LogP contribution >= 0.6 is 11.6 Å². The van der Waals surface area contributed by atoms with E-state index in [0.29, 0.717) is 29.1 Å². The van der Waals surface area contributed by atoms with Crippen molar-refractivity contribution in [3.63, 3.8) is 0 Å². The maximum Gasteiger partial charge on any atom is 0.261 e. The number of fused-ring (bicyclic) bond motifs is 1. The zero-order valence-electron chi connectivity index (χ0n) is 16.1. The van der Waals surface area contributed by atoms with E-state index in [1.807, 2.05) is 0 Å². The lowest BCUT2D eigenvalue weighted by Crippen LogP contribution is -2.37. The second kappa shape index (κ2) is 8.28. The van der Waals surface area contributed by atoms with Gasteiger partial charge in [0, 0.05) is 36.6 Å². The van der Waals surface area contributed by atoms with Crippen molar-refractivity contribution in [2.75, 3.05) is 18.0 Å². The second-order valence-corrected chi connectivity index (χ2v) is 7.80. The fourth-order valence-corrected chi connectivity index (χ4v) is 3.94. The third kappa shape index (κ3) is 3.93. The van der Waals surface area contributed by atoms with Crippen molar-refractivity contribution in [3.05, 3.63) is 64.7 Å². The fourth-order valence-electron chi connectivity index (χ4n) is 3.81. The van der Waals surface area contributed by atoms with Gasteiger partial charge in [-0.1, -0.05) is 23.7 Å². The maximum atomic E-state index is 12.3. The van der Waals surface area contributed by atoms with Gasteiger partial charge in [0.2, 0.25) is 11.8 Å². The molecule has 2 aliphatic heterocycles. The molecule has 0 saturated carbocycles. The molecule has 0 aromatic heterocycles. The van der Waals surface area contributed by atoms with Crippen molar-refractivity contribution >= 4 is 40.9 Å². The molecule has 2 heterocycles. The van der Waals surface area contributed by atoms with Crippen molar-refractivity contribution in [2.45, 2.75) is 25.3 Å². The molecule has 2 aromatic rings. The predicted octanol–water partition coefficient (Wildman–Crippen LogP) is 2.64. The van der Waals surface area contributed by atoms with Crippen LogP contribution < -0.4 is 10.2 Å². The van der Waals surface area contributed by atoms with Crippen molar-refractivity contribution in [3.8, 4) is 0 Å². The lowest BCUT2D eigenvalue weighted by Gasteiger charge is -2.17. The van der Waals surface area contributed by atoms with Gasteiger partial charge < -0.3 is 10.2 Å². The molecule has 1 atom stereocenters. The van der Waals surface area contributed by atoms with Gasteiger partial charge in [0.15, 0.2) is 0 Å². The number of amides is 4. The average molecular weight is 426 g/mol. The van der Waals surface area contributed by atoms with Crippen LogP contribution in [0.3, 0.4) is 0 Å². The molecule has 1 N–H and O–H groups in total. The molecule has 1 saturated heterocycles. The number of nitrogens with one attached hydrogen (secondary N) is 1. The molecule has 2 aromatic carbocycles. The normalized spacial score (nSPS) is 18.2. The molecule has 7 nitrogen and oxygen atoms in total. The third-order valence-corrected chi connectivity index (χ3v) is 5.54. The fraction of sp³-hybridized carbons (Fsp3) is 0.273. The third-order valence-electron chi connectivity index (χ3n) is 5.29. The van der Waals surface area contributed by atoms with Gasteiger partial charge in [-0.3, -0.25) is 24.1 Å². The summed E-state index contributed by atoms with van der Waals surface area (Å²) in [6, 6.07) is 13.4. The summed E-state index contributed by atoms with van der Waals surface area (Å²) >= 11 is 5.89. The molecule has 0 spiro atoms. The van der Waals surface area contributed by atoms with E-state index >= 15 is 0 Å². The van der Waals surface area contributed by atoms with Crippen LogP contribution in [0.15, 0.2) is 48.5 Å². The molecule has 1 unspecified atom stereocenters. The Balaban J connectivity index is 1.26. The van der Waals surface area contributed by atoms with Gasteiger partial charge in [0.25, 0.3) is 11.8 Å². The van der Waals surface area contributed by atoms with Crippen molar-refractivity contribution in [2.24, 2.45) is 0 Å². The van der Waals surface area contributed by atoms with Gasteiger partial charge in [-0.2, -0.15) is 0 Å². The standard InChI is InChI=1S/C22H20ClN3O4/c23-14-7-9-16(10-8-14)26-13-15(12-20(26)28)24-19(27)6-3-11-25-21(29)17-4-1-2-5-18(17)22(25)30/h1-2,4-5,7-10,15H,3,6,11-13H2,(H,24,27). The minimum Gasteiger partial charge on any atom is -0.351 e. The Morgan fingerprint density at radius 1 is 1.00 bits per heavy atom. The molecule has 4 rings (SSSR count). The number of carbonyl (C=O) groups excluding carboxylic acids is 4. The van der Waals surface area contributed by atoms with Gasteiger partial charge in [-0.05, 0) is 42.8 Å². The van der Waals surface area contributed by atoms with E-state index in [0.717, 1.165) is 5.69 Å². The number of hydrogen-bond donors (Lipinski definition) is 1. The van der Waals surface area contributed by atoms with Crippen LogP contribution in [0.2, 0.25) is 5.02 Å². The Bertz CT molecular complexity index is 986. The summed E-state index contributed by atoms with van der Waals surface area (Å²) in [4.78, 5) is 52.1. The van der Waals surface area contributed by atoms with Gasteiger partial charge in [0.1, 0.15) is 0 Å². The van der Waals surface area contributed by atoms with Crippen molar-refractivity contribution in [1.82, 2.24) is 10.2 Å². The van der Waals surface area contributed by atoms with E-state index in [1.54, 1.807) is 53.4 Å². The summed E-state index contributed by atoms with van der Waals surface area (Å²) in [5.41, 5.74) is 1.55. The lowest BCUT2D eigenvalue weighted by molar-refractivity contribution is -0.121. The molecule has 8 heteroatoms. The van der Waals surface area contributed by atoms with E-state index in [4.69, 9.17) is 11.6 Å². The van der Waals surface area contributed by atoms with Crippen LogP contribution in [-0.4, -0.2) is 47.7 Å². The quantitative estimate of drug-likeness (QED) is 0.721. The summed E-state index contributed by atoms with van der Waals surface area (Å²) < 4.78 is 0. The summed E-state index contributed by atoms with van der Waals surface area (Å²) in [6.45, 7) is 0.574. The molecule has 2 aliphatic rings. The molecule has 0 aliphatic carbocycles. The van der Waals surface area contributed by atoms with Crippen LogP contribution in [0.1, 0.15) is 40.0 Å². The largest absolute Gasteiger partial charge is 0.351 e. The van der Waals surface area contributed by atoms with E-state index in [9.17, 15) is 19.2 Å². The maximum absolute atomic E-state index is 12.3. The number of benzene rings is 2. The number of rotatable bonds is 6. The zero-order chi connectivity index (χ0) is 21.3. The lowest BCUT2D eigenvalue weighted by atomic mass is 10.1. The van der Waals surface area contributed by atoms with Crippen LogP contribution in [0, 0.1) is 0 Å². The molecule has 1 fully saturated rings. The highest BCUT2D eigenvalue weighted by atomic mass is 35.5. The van der Waals surface area contributed by atoms with Gasteiger partial charge >= 0.3 is 0 Å². The summed E-state index contributed by atoms with van der Waals surface area (Å²) in [7, 11) is 0. The van der Waals surface area contributed by atoms with E-state index in [2.05, 4.69) is 5.32 Å². The van der Waals surface area contributed by atoms with Gasteiger partial charge in [-0.15, -0.1) is 0 Å². The predicted molar refractivity (Wildman–Crippen MR) is 111 cm³/mol. The molecule has 154 valence electrons. The molecular weight excluding hydrogens is 406 g/mol. The number of imide groups is 1. The van der Waals surface area contributed by atoms with Crippen LogP contribution in [0.4, 0.5) is 5.69 Å². The summed E-state index contributed by atoms with van der Waals surface area (Å²) in [5.74, 6) is -0.914.